The van der Waals surface area contributed by atoms with Gasteiger partial charge in [0.2, 0.25) is 5.91 Å². The van der Waals surface area contributed by atoms with Crippen LogP contribution in [0.25, 0.3) is 0 Å². The van der Waals surface area contributed by atoms with Gasteiger partial charge in [-0.25, -0.2) is 0 Å². The van der Waals surface area contributed by atoms with Gasteiger partial charge in [-0.2, -0.15) is 0 Å². The Morgan fingerprint density at radius 2 is 2.08 bits per heavy atom. The lowest BCUT2D eigenvalue weighted by molar-refractivity contribution is -0.113. The van der Waals surface area contributed by atoms with Crippen molar-refractivity contribution in [3.05, 3.63) is 24.5 Å². The Hall–Kier alpha value is -2.22. The highest BCUT2D eigenvalue weighted by molar-refractivity contribution is 7.99. The summed E-state index contributed by atoms with van der Waals surface area (Å²) in [7, 11) is 1.85. The van der Waals surface area contributed by atoms with E-state index in [9.17, 15) is 4.79 Å². The lowest BCUT2D eigenvalue weighted by Gasteiger charge is -2.31. The van der Waals surface area contributed by atoms with Crippen molar-refractivity contribution in [3.63, 3.8) is 0 Å². The molecule has 7 nitrogen and oxygen atoms in total. The summed E-state index contributed by atoms with van der Waals surface area (Å²) in [6.45, 7) is 0. The zero-order chi connectivity index (χ0) is 17.3. The van der Waals surface area contributed by atoms with E-state index in [4.69, 9.17) is 9.47 Å². The number of nitrogens with zero attached hydrogens (tertiary/aromatic N) is 3. The van der Waals surface area contributed by atoms with Gasteiger partial charge >= 0.3 is 0 Å². The number of aryl methyl sites for hydroxylation is 1. The quantitative estimate of drug-likeness (QED) is 0.845. The Balaban J connectivity index is 1.37. The maximum absolute atomic E-state index is 12.2. The van der Waals surface area contributed by atoms with Crippen LogP contribution >= 0.6 is 11.8 Å². The number of ether oxygens (including phenoxy) is 2. The van der Waals surface area contributed by atoms with Gasteiger partial charge in [0.15, 0.2) is 16.7 Å². The molecule has 2 aromatic rings. The van der Waals surface area contributed by atoms with E-state index in [1.165, 1.54) is 18.2 Å². The Kier molecular flexibility index (Phi) is 4.29. The standard InChI is InChI=1S/C17H20N4O3S/c1-21-11-18-20-16(21)25-10-15(22)19-12-5-6-13-14(9-12)24-17(23-13)7-3-2-4-8-17/h5-6,9,11H,2-4,7-8,10H2,1H3,(H,19,22). The Morgan fingerprint density at radius 3 is 2.84 bits per heavy atom. The minimum absolute atomic E-state index is 0.0979. The van der Waals surface area contributed by atoms with Gasteiger partial charge in [0.05, 0.1) is 5.75 Å². The van der Waals surface area contributed by atoms with Gasteiger partial charge in [-0.3, -0.25) is 4.79 Å². The molecule has 1 aliphatic carbocycles. The van der Waals surface area contributed by atoms with E-state index >= 15 is 0 Å². The Bertz CT molecular complexity index is 786. The third kappa shape index (κ3) is 3.44. The minimum Gasteiger partial charge on any atom is -0.448 e. The van der Waals surface area contributed by atoms with Crippen molar-refractivity contribution in [3.8, 4) is 11.5 Å². The van der Waals surface area contributed by atoms with Crippen molar-refractivity contribution < 1.29 is 14.3 Å². The van der Waals surface area contributed by atoms with Gasteiger partial charge in [0.1, 0.15) is 6.33 Å². The van der Waals surface area contributed by atoms with Gasteiger partial charge < -0.3 is 19.4 Å². The fourth-order valence-electron chi connectivity index (χ4n) is 3.20. The molecule has 1 aromatic carbocycles. The average molecular weight is 360 g/mol. The van der Waals surface area contributed by atoms with Gasteiger partial charge in [0, 0.05) is 31.6 Å². The van der Waals surface area contributed by atoms with Crippen LogP contribution < -0.4 is 14.8 Å². The zero-order valence-corrected chi connectivity index (χ0v) is 14.8. The second-order valence-electron chi connectivity index (χ2n) is 6.40. The fourth-order valence-corrected chi connectivity index (χ4v) is 3.88. The van der Waals surface area contributed by atoms with Crippen LogP contribution in [-0.2, 0) is 11.8 Å². The molecule has 1 spiro atoms. The number of hydrogen-bond donors (Lipinski definition) is 1. The summed E-state index contributed by atoms with van der Waals surface area (Å²) in [6, 6.07) is 5.54. The first kappa shape index (κ1) is 16.3. The summed E-state index contributed by atoms with van der Waals surface area (Å²) < 4.78 is 13.9. The van der Waals surface area contributed by atoms with Crippen molar-refractivity contribution in [2.75, 3.05) is 11.1 Å². The largest absolute Gasteiger partial charge is 0.448 e. The molecule has 1 aromatic heterocycles. The van der Waals surface area contributed by atoms with Crippen LogP contribution in [0.5, 0.6) is 11.5 Å². The monoisotopic (exact) mass is 360 g/mol. The van der Waals surface area contributed by atoms with Gasteiger partial charge in [-0.15, -0.1) is 10.2 Å². The molecule has 8 heteroatoms. The highest BCUT2D eigenvalue weighted by Gasteiger charge is 2.42. The average Bonchev–Trinajstić information content (AvgIpc) is 3.16. The van der Waals surface area contributed by atoms with Crippen LogP contribution in [0.1, 0.15) is 32.1 Å². The molecule has 1 fully saturated rings. The molecule has 0 bridgehead atoms. The third-order valence-electron chi connectivity index (χ3n) is 4.44. The predicted molar refractivity (Wildman–Crippen MR) is 93.9 cm³/mol. The van der Waals surface area contributed by atoms with Crippen LogP contribution in [0.2, 0.25) is 0 Å². The highest BCUT2D eigenvalue weighted by Crippen LogP contribution is 2.46. The summed E-state index contributed by atoms with van der Waals surface area (Å²) in [5.74, 6) is 1.14. The zero-order valence-electron chi connectivity index (χ0n) is 14.0. The Morgan fingerprint density at radius 1 is 1.28 bits per heavy atom. The van der Waals surface area contributed by atoms with Crippen LogP contribution in [0, 0.1) is 0 Å². The molecule has 25 heavy (non-hydrogen) atoms. The summed E-state index contributed by atoms with van der Waals surface area (Å²) in [5.41, 5.74) is 0.707. The SMILES string of the molecule is Cn1cnnc1SCC(=O)Nc1ccc2c(c1)OC1(CCCCC1)O2. The number of amides is 1. The molecule has 0 atom stereocenters. The van der Waals surface area contributed by atoms with Crippen molar-refractivity contribution in [2.45, 2.75) is 43.0 Å². The number of aromatic nitrogens is 3. The molecule has 0 saturated heterocycles. The number of nitrogens with one attached hydrogen (secondary N) is 1. The highest BCUT2D eigenvalue weighted by atomic mass is 32.2. The van der Waals surface area contributed by atoms with Gasteiger partial charge in [-0.1, -0.05) is 18.2 Å². The topological polar surface area (TPSA) is 78.3 Å². The van der Waals surface area contributed by atoms with E-state index in [0.29, 0.717) is 16.6 Å². The van der Waals surface area contributed by atoms with E-state index in [2.05, 4.69) is 15.5 Å². The number of rotatable bonds is 4. The maximum Gasteiger partial charge on any atom is 0.251 e. The first-order valence-electron chi connectivity index (χ1n) is 8.42. The molecule has 1 amide bonds. The summed E-state index contributed by atoms with van der Waals surface area (Å²) in [5, 5.41) is 11.3. The van der Waals surface area contributed by atoms with Crippen LogP contribution in [0.15, 0.2) is 29.7 Å². The molecular formula is C17H20N4O3S. The van der Waals surface area contributed by atoms with E-state index in [0.717, 1.165) is 31.4 Å². The van der Waals surface area contributed by atoms with Crippen LogP contribution in [0.4, 0.5) is 5.69 Å². The molecule has 1 saturated carbocycles. The molecule has 0 unspecified atom stereocenters. The van der Waals surface area contributed by atoms with E-state index < -0.39 is 5.79 Å². The van der Waals surface area contributed by atoms with Crippen molar-refractivity contribution in [1.29, 1.82) is 0 Å². The van der Waals surface area contributed by atoms with E-state index in [1.54, 1.807) is 10.9 Å². The van der Waals surface area contributed by atoms with Gasteiger partial charge in [0.25, 0.3) is 5.79 Å². The number of hydrogen-bond acceptors (Lipinski definition) is 6. The van der Waals surface area contributed by atoms with Crippen molar-refractivity contribution >= 4 is 23.4 Å². The number of thioether (sulfide) groups is 1. The van der Waals surface area contributed by atoms with Crippen molar-refractivity contribution in [1.82, 2.24) is 14.8 Å². The maximum atomic E-state index is 12.2. The van der Waals surface area contributed by atoms with E-state index in [1.807, 2.05) is 25.2 Å². The molecule has 2 heterocycles. The molecular weight excluding hydrogens is 340 g/mol. The second kappa shape index (κ2) is 6.59. The second-order valence-corrected chi connectivity index (χ2v) is 7.34. The molecule has 1 N–H and O–H groups in total. The smallest absolute Gasteiger partial charge is 0.251 e. The summed E-state index contributed by atoms with van der Waals surface area (Å²) in [6.07, 6.45) is 6.91. The van der Waals surface area contributed by atoms with Crippen LogP contribution in [0.3, 0.4) is 0 Å². The lowest BCUT2D eigenvalue weighted by atomic mass is 9.94. The number of carbonyl (C=O) groups is 1. The first-order valence-corrected chi connectivity index (χ1v) is 9.41. The van der Waals surface area contributed by atoms with Crippen LogP contribution in [-0.4, -0.2) is 32.2 Å². The number of benzene rings is 1. The summed E-state index contributed by atoms with van der Waals surface area (Å²) in [4.78, 5) is 12.2. The Labute approximate surface area is 150 Å². The molecule has 4 rings (SSSR count). The number of fused-ring (bicyclic) bond motifs is 1. The van der Waals surface area contributed by atoms with E-state index in [-0.39, 0.29) is 11.7 Å². The third-order valence-corrected chi connectivity index (χ3v) is 5.47. The molecule has 0 radical (unpaired) electrons. The lowest BCUT2D eigenvalue weighted by Crippen LogP contribution is -2.40. The summed E-state index contributed by atoms with van der Waals surface area (Å²) >= 11 is 1.35. The minimum atomic E-state index is -0.496. The van der Waals surface area contributed by atoms with Crippen molar-refractivity contribution in [2.24, 2.45) is 7.05 Å². The molecule has 1 aliphatic heterocycles. The number of anilines is 1. The first-order chi connectivity index (χ1) is 12.1. The number of carbonyl (C=O) groups excluding carboxylic acids is 1. The normalized spacial score (nSPS) is 17.6. The van der Waals surface area contributed by atoms with Gasteiger partial charge in [-0.05, 0) is 25.0 Å². The predicted octanol–water partition coefficient (Wildman–Crippen LogP) is 2.98. The molecule has 132 valence electrons. The fraction of sp³-hybridized carbons (Fsp3) is 0.471. The molecule has 2 aliphatic rings.